The number of carbonyl (C=O) groups excluding carboxylic acids is 2. The number of amides is 1. The molecule has 1 aromatic carbocycles. The van der Waals surface area contributed by atoms with E-state index in [4.69, 9.17) is 14.7 Å². The van der Waals surface area contributed by atoms with Gasteiger partial charge in [-0.15, -0.1) is 11.3 Å². The Hall–Kier alpha value is -2.85. The Kier molecular flexibility index (Phi) is 5.00. The Morgan fingerprint density at radius 2 is 2.20 bits per heavy atom. The standard InChI is InChI=1S/C18H16N2O4S/c1-20(8-4-7-19)16(21)11-24-18(22)15-9-12-10-23-14-6-3-2-5-13(14)17(12)25-15/h2-3,5-6,9H,4,8,10-11H2,1H3. The first-order chi connectivity index (χ1) is 12.1. The number of fused-ring (bicyclic) bond motifs is 3. The molecule has 0 spiro atoms. The maximum atomic E-state index is 12.2. The zero-order chi connectivity index (χ0) is 17.8. The number of esters is 1. The Labute approximate surface area is 149 Å². The van der Waals surface area contributed by atoms with Crippen molar-refractivity contribution in [1.82, 2.24) is 4.90 Å². The molecule has 0 radical (unpaired) electrons. The highest BCUT2D eigenvalue weighted by atomic mass is 32.1. The normalized spacial score (nSPS) is 11.5. The molecular weight excluding hydrogens is 340 g/mol. The summed E-state index contributed by atoms with van der Waals surface area (Å²) in [5.74, 6) is -0.0661. The molecule has 0 N–H and O–H groups in total. The Balaban J connectivity index is 1.66. The average Bonchev–Trinajstić information content (AvgIpc) is 3.08. The summed E-state index contributed by atoms with van der Waals surface area (Å²) in [5.41, 5.74) is 1.90. The van der Waals surface area contributed by atoms with E-state index in [2.05, 4.69) is 0 Å². The van der Waals surface area contributed by atoms with Crippen LogP contribution in [0.15, 0.2) is 30.3 Å². The van der Waals surface area contributed by atoms with Gasteiger partial charge in [0.2, 0.25) is 0 Å². The van der Waals surface area contributed by atoms with E-state index in [1.165, 1.54) is 16.2 Å². The van der Waals surface area contributed by atoms with Gasteiger partial charge < -0.3 is 14.4 Å². The molecule has 6 nitrogen and oxygen atoms in total. The third kappa shape index (κ3) is 3.64. The zero-order valence-electron chi connectivity index (χ0n) is 13.7. The van der Waals surface area contributed by atoms with Gasteiger partial charge in [-0.2, -0.15) is 5.26 Å². The predicted molar refractivity (Wildman–Crippen MR) is 92.2 cm³/mol. The monoisotopic (exact) mass is 356 g/mol. The highest BCUT2D eigenvalue weighted by Gasteiger charge is 2.23. The minimum absolute atomic E-state index is 0.243. The van der Waals surface area contributed by atoms with Crippen molar-refractivity contribution in [2.75, 3.05) is 20.2 Å². The van der Waals surface area contributed by atoms with Gasteiger partial charge in [-0.05, 0) is 18.2 Å². The number of rotatable bonds is 5. The van der Waals surface area contributed by atoms with Crippen LogP contribution in [0.2, 0.25) is 0 Å². The Morgan fingerprint density at radius 1 is 1.40 bits per heavy atom. The van der Waals surface area contributed by atoms with E-state index >= 15 is 0 Å². The maximum Gasteiger partial charge on any atom is 0.348 e. The van der Waals surface area contributed by atoms with Gasteiger partial charge in [0.15, 0.2) is 6.61 Å². The SMILES string of the molecule is CN(CCC#N)C(=O)COC(=O)c1cc2c(s1)-c1ccccc1OC2. The molecule has 1 amide bonds. The molecule has 7 heteroatoms. The third-order valence-electron chi connectivity index (χ3n) is 3.84. The summed E-state index contributed by atoms with van der Waals surface area (Å²) in [6.45, 7) is 0.386. The van der Waals surface area contributed by atoms with Crippen LogP contribution in [0.1, 0.15) is 21.7 Å². The predicted octanol–water partition coefficient (Wildman–Crippen LogP) is 2.84. The van der Waals surface area contributed by atoms with Crippen LogP contribution in [0.3, 0.4) is 0 Å². The number of thiophene rings is 1. The van der Waals surface area contributed by atoms with Gasteiger partial charge in [-0.25, -0.2) is 4.79 Å². The first-order valence-electron chi connectivity index (χ1n) is 7.73. The van der Waals surface area contributed by atoms with Crippen LogP contribution in [0.5, 0.6) is 5.75 Å². The van der Waals surface area contributed by atoms with Gasteiger partial charge in [-0.3, -0.25) is 4.79 Å². The number of para-hydroxylation sites is 1. The Bertz CT molecular complexity index is 853. The van der Waals surface area contributed by atoms with Crippen molar-refractivity contribution in [2.24, 2.45) is 0 Å². The average molecular weight is 356 g/mol. The quantitative estimate of drug-likeness (QED) is 0.770. The number of nitriles is 1. The minimum Gasteiger partial charge on any atom is -0.488 e. The van der Waals surface area contributed by atoms with E-state index in [1.807, 2.05) is 30.3 Å². The zero-order valence-corrected chi connectivity index (χ0v) is 14.5. The molecule has 1 aliphatic rings. The molecule has 3 rings (SSSR count). The molecule has 0 unspecified atom stereocenters. The van der Waals surface area contributed by atoms with Gasteiger partial charge in [0.25, 0.3) is 5.91 Å². The minimum atomic E-state index is -0.529. The van der Waals surface area contributed by atoms with Crippen molar-refractivity contribution in [3.05, 3.63) is 40.8 Å². The molecule has 0 atom stereocenters. The van der Waals surface area contributed by atoms with E-state index in [0.717, 1.165) is 21.8 Å². The number of benzene rings is 1. The number of ether oxygens (including phenoxy) is 2. The van der Waals surface area contributed by atoms with Crippen molar-refractivity contribution >= 4 is 23.2 Å². The lowest BCUT2D eigenvalue weighted by molar-refractivity contribution is -0.133. The van der Waals surface area contributed by atoms with Crippen molar-refractivity contribution in [3.63, 3.8) is 0 Å². The lowest BCUT2D eigenvalue weighted by atomic mass is 10.1. The number of nitrogens with zero attached hydrogens (tertiary/aromatic N) is 2. The van der Waals surface area contributed by atoms with Crippen LogP contribution in [0, 0.1) is 11.3 Å². The van der Waals surface area contributed by atoms with Gasteiger partial charge in [-0.1, -0.05) is 12.1 Å². The summed E-state index contributed by atoms with van der Waals surface area (Å²) < 4.78 is 10.8. The van der Waals surface area contributed by atoms with E-state index in [0.29, 0.717) is 18.0 Å². The molecule has 0 saturated heterocycles. The van der Waals surface area contributed by atoms with Crippen LogP contribution < -0.4 is 4.74 Å². The fourth-order valence-corrected chi connectivity index (χ4v) is 3.54. The topological polar surface area (TPSA) is 79.6 Å². The van der Waals surface area contributed by atoms with E-state index in [-0.39, 0.29) is 18.9 Å². The van der Waals surface area contributed by atoms with Crippen molar-refractivity contribution in [1.29, 1.82) is 5.26 Å². The smallest absolute Gasteiger partial charge is 0.348 e. The Morgan fingerprint density at radius 3 is 3.00 bits per heavy atom. The largest absolute Gasteiger partial charge is 0.488 e. The van der Waals surface area contributed by atoms with Crippen molar-refractivity contribution in [3.8, 4) is 22.3 Å². The lowest BCUT2D eigenvalue weighted by Crippen LogP contribution is -2.31. The van der Waals surface area contributed by atoms with Gasteiger partial charge in [0.1, 0.15) is 17.2 Å². The van der Waals surface area contributed by atoms with Crippen LogP contribution in [0.4, 0.5) is 0 Å². The second-order valence-corrected chi connectivity index (χ2v) is 6.60. The van der Waals surface area contributed by atoms with E-state index in [9.17, 15) is 9.59 Å². The molecular formula is C18H16N2O4S. The molecule has 0 saturated carbocycles. The molecule has 128 valence electrons. The van der Waals surface area contributed by atoms with Crippen LogP contribution in [0.25, 0.3) is 10.4 Å². The molecule has 1 aromatic heterocycles. The summed E-state index contributed by atoms with van der Waals surface area (Å²) in [6, 6.07) is 11.4. The molecule has 2 aromatic rings. The summed E-state index contributed by atoms with van der Waals surface area (Å²) in [6.07, 6.45) is 0.243. The van der Waals surface area contributed by atoms with Crippen molar-refractivity contribution < 1.29 is 19.1 Å². The highest BCUT2D eigenvalue weighted by molar-refractivity contribution is 7.17. The first kappa shape index (κ1) is 17.0. The summed E-state index contributed by atoms with van der Waals surface area (Å²) in [5, 5.41) is 8.53. The van der Waals surface area contributed by atoms with Crippen LogP contribution in [-0.2, 0) is 16.1 Å². The second kappa shape index (κ2) is 7.36. The first-order valence-corrected chi connectivity index (χ1v) is 8.54. The number of carbonyl (C=O) groups is 2. The van der Waals surface area contributed by atoms with Gasteiger partial charge in [0.05, 0.1) is 12.5 Å². The second-order valence-electron chi connectivity index (χ2n) is 5.55. The van der Waals surface area contributed by atoms with Gasteiger partial charge in [0, 0.05) is 29.6 Å². The molecule has 0 fully saturated rings. The lowest BCUT2D eigenvalue weighted by Gasteiger charge is -2.16. The van der Waals surface area contributed by atoms with Crippen molar-refractivity contribution in [2.45, 2.75) is 13.0 Å². The molecule has 25 heavy (non-hydrogen) atoms. The fourth-order valence-electron chi connectivity index (χ4n) is 2.45. The molecule has 0 bridgehead atoms. The van der Waals surface area contributed by atoms with E-state index < -0.39 is 5.97 Å². The summed E-state index contributed by atoms with van der Waals surface area (Å²) in [4.78, 5) is 26.9. The highest BCUT2D eigenvalue weighted by Crippen LogP contribution is 2.42. The molecule has 1 aliphatic heterocycles. The number of hydrogen-bond donors (Lipinski definition) is 0. The third-order valence-corrected chi connectivity index (χ3v) is 5.03. The number of likely N-dealkylation sites (N-methyl/N-ethyl adjacent to an activating group) is 1. The van der Waals surface area contributed by atoms with Crippen LogP contribution >= 0.6 is 11.3 Å². The van der Waals surface area contributed by atoms with Crippen LogP contribution in [-0.4, -0.2) is 37.0 Å². The van der Waals surface area contributed by atoms with Gasteiger partial charge >= 0.3 is 5.97 Å². The maximum absolute atomic E-state index is 12.2. The molecule has 2 heterocycles. The van der Waals surface area contributed by atoms with E-state index in [1.54, 1.807) is 13.1 Å². The summed E-state index contributed by atoms with van der Waals surface area (Å²) >= 11 is 1.34. The fraction of sp³-hybridized carbons (Fsp3) is 0.278. The summed E-state index contributed by atoms with van der Waals surface area (Å²) in [7, 11) is 1.58. The number of hydrogen-bond acceptors (Lipinski definition) is 6. The molecule has 0 aliphatic carbocycles.